The molecule has 0 atom stereocenters. The van der Waals surface area contributed by atoms with Crippen LogP contribution in [0.2, 0.25) is 0 Å². The standard InChI is InChI=1S/C27H37NO3/c29-20-6-10-23-13-17-26(18-14-23)25-15-11-22(12-16-25)7-4-5-19-28-27(30)31-21-24-8-2-1-3-9-24/h1-3,8-9,11-12,15-16,23,26,29H,4-7,10,13-14,17-21H2,(H,28,30). The second-order valence-corrected chi connectivity index (χ2v) is 8.77. The van der Waals surface area contributed by atoms with Crippen molar-refractivity contribution in [2.75, 3.05) is 13.2 Å². The molecule has 1 fully saturated rings. The SMILES string of the molecule is O=C(NCCCCc1ccc(C2CCC(CCCO)CC2)cc1)OCc1ccccc1. The van der Waals surface area contributed by atoms with Gasteiger partial charge in [-0.05, 0) is 86.3 Å². The zero-order valence-corrected chi connectivity index (χ0v) is 18.6. The van der Waals surface area contributed by atoms with Gasteiger partial charge in [0.15, 0.2) is 0 Å². The number of hydrogen-bond acceptors (Lipinski definition) is 3. The second kappa shape index (κ2) is 13.2. The Labute approximate surface area is 187 Å². The molecule has 3 rings (SSSR count). The van der Waals surface area contributed by atoms with E-state index in [4.69, 9.17) is 9.84 Å². The monoisotopic (exact) mass is 423 g/mol. The van der Waals surface area contributed by atoms with Crippen LogP contribution in [-0.2, 0) is 17.8 Å². The van der Waals surface area contributed by atoms with Crippen LogP contribution in [-0.4, -0.2) is 24.4 Å². The Bertz CT molecular complexity index is 752. The minimum atomic E-state index is -0.348. The fraction of sp³-hybridized carbons (Fsp3) is 0.519. The summed E-state index contributed by atoms with van der Waals surface area (Å²) in [4.78, 5) is 11.8. The minimum absolute atomic E-state index is 0.309. The van der Waals surface area contributed by atoms with Crippen LogP contribution >= 0.6 is 0 Å². The zero-order valence-electron chi connectivity index (χ0n) is 18.6. The van der Waals surface area contributed by atoms with Gasteiger partial charge in [-0.2, -0.15) is 0 Å². The van der Waals surface area contributed by atoms with Crippen LogP contribution in [0.25, 0.3) is 0 Å². The van der Waals surface area contributed by atoms with E-state index in [-0.39, 0.29) is 6.09 Å². The highest BCUT2D eigenvalue weighted by molar-refractivity contribution is 5.67. The maximum Gasteiger partial charge on any atom is 0.407 e. The number of benzene rings is 2. The number of rotatable bonds is 11. The fourth-order valence-electron chi connectivity index (χ4n) is 4.54. The summed E-state index contributed by atoms with van der Waals surface area (Å²) >= 11 is 0. The summed E-state index contributed by atoms with van der Waals surface area (Å²) < 4.78 is 5.23. The molecule has 2 aromatic carbocycles. The first-order valence-electron chi connectivity index (χ1n) is 11.9. The Morgan fingerprint density at radius 1 is 0.903 bits per heavy atom. The van der Waals surface area contributed by atoms with Crippen LogP contribution in [0.3, 0.4) is 0 Å². The van der Waals surface area contributed by atoms with Crippen molar-refractivity contribution in [2.24, 2.45) is 5.92 Å². The number of alkyl carbamates (subject to hydrolysis) is 1. The van der Waals surface area contributed by atoms with Crippen molar-refractivity contribution in [3.8, 4) is 0 Å². The number of aliphatic hydroxyl groups excluding tert-OH is 1. The van der Waals surface area contributed by atoms with Gasteiger partial charge in [-0.25, -0.2) is 4.79 Å². The topological polar surface area (TPSA) is 58.6 Å². The van der Waals surface area contributed by atoms with Crippen molar-refractivity contribution in [3.05, 3.63) is 71.3 Å². The minimum Gasteiger partial charge on any atom is -0.445 e. The van der Waals surface area contributed by atoms with E-state index in [1.165, 1.54) is 43.2 Å². The summed E-state index contributed by atoms with van der Waals surface area (Å²) in [6.07, 6.45) is 9.97. The molecule has 0 aromatic heterocycles. The summed E-state index contributed by atoms with van der Waals surface area (Å²) in [5.74, 6) is 1.51. The smallest absolute Gasteiger partial charge is 0.407 e. The molecule has 0 radical (unpaired) electrons. The molecule has 2 N–H and O–H groups in total. The molecule has 4 heteroatoms. The molecular formula is C27H37NO3. The highest BCUT2D eigenvalue weighted by atomic mass is 16.5. The molecule has 1 aliphatic carbocycles. The second-order valence-electron chi connectivity index (χ2n) is 8.77. The van der Waals surface area contributed by atoms with Crippen molar-refractivity contribution < 1.29 is 14.6 Å². The van der Waals surface area contributed by atoms with E-state index in [0.29, 0.717) is 25.7 Å². The maximum absolute atomic E-state index is 11.8. The fourth-order valence-corrected chi connectivity index (χ4v) is 4.54. The largest absolute Gasteiger partial charge is 0.445 e. The third-order valence-electron chi connectivity index (χ3n) is 6.44. The molecule has 1 amide bonds. The van der Waals surface area contributed by atoms with Crippen molar-refractivity contribution in [1.29, 1.82) is 0 Å². The van der Waals surface area contributed by atoms with Crippen LogP contribution in [0, 0.1) is 5.92 Å². The molecule has 4 nitrogen and oxygen atoms in total. The van der Waals surface area contributed by atoms with Crippen LogP contribution < -0.4 is 5.32 Å². The van der Waals surface area contributed by atoms with Crippen LogP contribution in [0.5, 0.6) is 0 Å². The lowest BCUT2D eigenvalue weighted by molar-refractivity contribution is 0.139. The Balaban J connectivity index is 1.27. The molecule has 0 aliphatic heterocycles. The number of unbranched alkanes of at least 4 members (excludes halogenated alkanes) is 1. The first-order chi connectivity index (χ1) is 15.2. The van der Waals surface area contributed by atoms with Gasteiger partial charge in [-0.15, -0.1) is 0 Å². The number of nitrogens with one attached hydrogen (secondary N) is 1. The van der Waals surface area contributed by atoms with E-state index >= 15 is 0 Å². The molecule has 1 saturated carbocycles. The number of aryl methyl sites for hydroxylation is 1. The Kier molecular flexibility index (Phi) is 9.91. The average molecular weight is 424 g/mol. The predicted molar refractivity (Wildman–Crippen MR) is 125 cm³/mol. The number of amides is 1. The lowest BCUT2D eigenvalue weighted by Crippen LogP contribution is -2.25. The lowest BCUT2D eigenvalue weighted by Gasteiger charge is -2.28. The molecule has 0 saturated heterocycles. The Hall–Kier alpha value is -2.33. The number of ether oxygens (including phenoxy) is 1. The van der Waals surface area contributed by atoms with Crippen molar-refractivity contribution in [1.82, 2.24) is 5.32 Å². The Morgan fingerprint density at radius 3 is 2.35 bits per heavy atom. The number of carbonyl (C=O) groups excluding carboxylic acids is 1. The quantitative estimate of drug-likeness (QED) is 0.437. The van der Waals surface area contributed by atoms with Crippen LogP contribution in [0.4, 0.5) is 4.79 Å². The molecule has 0 bridgehead atoms. The maximum atomic E-state index is 11.8. The third-order valence-corrected chi connectivity index (χ3v) is 6.44. The van der Waals surface area contributed by atoms with E-state index in [1.807, 2.05) is 30.3 Å². The van der Waals surface area contributed by atoms with Gasteiger partial charge < -0.3 is 15.2 Å². The van der Waals surface area contributed by atoms with E-state index in [9.17, 15) is 4.79 Å². The number of hydrogen-bond donors (Lipinski definition) is 2. The summed E-state index contributed by atoms with van der Waals surface area (Å²) in [6, 6.07) is 18.9. The summed E-state index contributed by atoms with van der Waals surface area (Å²) in [5.41, 5.74) is 3.84. The van der Waals surface area contributed by atoms with Gasteiger partial charge in [0.1, 0.15) is 6.61 Å². The Morgan fingerprint density at radius 2 is 1.65 bits per heavy atom. The van der Waals surface area contributed by atoms with E-state index in [1.54, 1.807) is 0 Å². The molecule has 31 heavy (non-hydrogen) atoms. The zero-order chi connectivity index (χ0) is 21.7. The van der Waals surface area contributed by atoms with E-state index in [2.05, 4.69) is 29.6 Å². The molecule has 0 heterocycles. The van der Waals surface area contributed by atoms with Gasteiger partial charge in [-0.3, -0.25) is 0 Å². The van der Waals surface area contributed by atoms with Crippen molar-refractivity contribution in [2.45, 2.75) is 70.3 Å². The molecule has 168 valence electrons. The molecule has 0 spiro atoms. The van der Waals surface area contributed by atoms with Gasteiger partial charge >= 0.3 is 6.09 Å². The highest BCUT2D eigenvalue weighted by Crippen LogP contribution is 2.37. The number of carbonyl (C=O) groups is 1. The molecule has 0 unspecified atom stereocenters. The van der Waals surface area contributed by atoms with Crippen molar-refractivity contribution in [3.63, 3.8) is 0 Å². The van der Waals surface area contributed by atoms with Gasteiger partial charge in [0.25, 0.3) is 0 Å². The summed E-state index contributed by atoms with van der Waals surface area (Å²) in [6.45, 7) is 1.28. The van der Waals surface area contributed by atoms with Gasteiger partial charge in [0.2, 0.25) is 0 Å². The predicted octanol–water partition coefficient (Wildman–Crippen LogP) is 5.98. The molecular weight excluding hydrogens is 386 g/mol. The lowest BCUT2D eigenvalue weighted by atomic mass is 9.77. The summed E-state index contributed by atoms with van der Waals surface area (Å²) in [5, 5.41) is 11.8. The summed E-state index contributed by atoms with van der Waals surface area (Å²) in [7, 11) is 0. The van der Waals surface area contributed by atoms with Gasteiger partial charge in [-0.1, -0.05) is 54.6 Å². The molecule has 2 aromatic rings. The highest BCUT2D eigenvalue weighted by Gasteiger charge is 2.21. The first kappa shape index (κ1) is 23.3. The number of aliphatic hydroxyl groups is 1. The van der Waals surface area contributed by atoms with Crippen molar-refractivity contribution >= 4 is 6.09 Å². The van der Waals surface area contributed by atoms with Gasteiger partial charge in [0, 0.05) is 13.2 Å². The third kappa shape index (κ3) is 8.37. The van der Waals surface area contributed by atoms with E-state index < -0.39 is 0 Å². The van der Waals surface area contributed by atoms with Crippen LogP contribution in [0.1, 0.15) is 74.0 Å². The molecule has 1 aliphatic rings. The van der Waals surface area contributed by atoms with E-state index in [0.717, 1.165) is 37.2 Å². The normalized spacial score (nSPS) is 18.5. The first-order valence-corrected chi connectivity index (χ1v) is 11.9. The van der Waals surface area contributed by atoms with Crippen LogP contribution in [0.15, 0.2) is 54.6 Å². The average Bonchev–Trinajstić information content (AvgIpc) is 2.82. The van der Waals surface area contributed by atoms with Gasteiger partial charge in [0.05, 0.1) is 0 Å².